The molecular weight excluding hydrogens is 212 g/mol. The van der Waals surface area contributed by atoms with Gasteiger partial charge in [-0.25, -0.2) is 0 Å². The van der Waals surface area contributed by atoms with Crippen LogP contribution in [0.25, 0.3) is 10.8 Å². The Balaban J connectivity index is 2.48. The molecule has 86 valence electrons. The number of carbonyl (C=O) groups excluding carboxylic acids is 2. The van der Waals surface area contributed by atoms with Crippen molar-refractivity contribution >= 4 is 22.3 Å². The molecule has 0 N–H and O–H groups in total. The van der Waals surface area contributed by atoms with Crippen molar-refractivity contribution < 1.29 is 9.59 Å². The van der Waals surface area contributed by atoms with E-state index in [1.165, 1.54) is 0 Å². The summed E-state index contributed by atoms with van der Waals surface area (Å²) < 4.78 is 0. The standard InChI is InChI=1S/C15H14O2/c1-2-6-14(16)15(17)13-10-5-8-11-7-3-4-9-12(11)13/h3-5,7-10H,2,6H2,1H3. The molecule has 2 heteroatoms. The molecule has 0 fully saturated rings. The van der Waals surface area contributed by atoms with Gasteiger partial charge >= 0.3 is 0 Å². The van der Waals surface area contributed by atoms with Crippen LogP contribution >= 0.6 is 0 Å². The third-order valence-corrected chi connectivity index (χ3v) is 2.76. The van der Waals surface area contributed by atoms with Crippen LogP contribution in [-0.2, 0) is 4.79 Å². The van der Waals surface area contributed by atoms with E-state index in [2.05, 4.69) is 0 Å². The Morgan fingerprint density at radius 1 is 1.00 bits per heavy atom. The molecule has 2 nitrogen and oxygen atoms in total. The maximum absolute atomic E-state index is 12.0. The second kappa shape index (κ2) is 4.91. The van der Waals surface area contributed by atoms with Crippen LogP contribution in [0.3, 0.4) is 0 Å². The maximum Gasteiger partial charge on any atom is 0.229 e. The fourth-order valence-electron chi connectivity index (χ4n) is 1.91. The summed E-state index contributed by atoms with van der Waals surface area (Å²) in [6.45, 7) is 1.90. The molecule has 0 atom stereocenters. The van der Waals surface area contributed by atoms with E-state index in [-0.39, 0.29) is 11.6 Å². The van der Waals surface area contributed by atoms with Gasteiger partial charge in [0.05, 0.1) is 0 Å². The Morgan fingerprint density at radius 2 is 1.71 bits per heavy atom. The summed E-state index contributed by atoms with van der Waals surface area (Å²) in [6.07, 6.45) is 1.03. The van der Waals surface area contributed by atoms with Crippen molar-refractivity contribution in [2.45, 2.75) is 19.8 Å². The van der Waals surface area contributed by atoms with Gasteiger partial charge in [0.15, 0.2) is 0 Å². The topological polar surface area (TPSA) is 34.1 Å². The van der Waals surface area contributed by atoms with E-state index in [0.717, 1.165) is 10.8 Å². The summed E-state index contributed by atoms with van der Waals surface area (Å²) in [5.74, 6) is -0.674. The first-order valence-electron chi connectivity index (χ1n) is 5.79. The van der Waals surface area contributed by atoms with Crippen molar-refractivity contribution in [1.29, 1.82) is 0 Å². The van der Waals surface area contributed by atoms with Crippen molar-refractivity contribution in [2.75, 3.05) is 0 Å². The maximum atomic E-state index is 12.0. The molecule has 0 bridgehead atoms. The zero-order valence-electron chi connectivity index (χ0n) is 9.77. The molecule has 0 saturated carbocycles. The average molecular weight is 226 g/mol. The minimum absolute atomic E-state index is 0.302. The molecule has 2 aromatic carbocycles. The molecule has 0 aromatic heterocycles. The molecule has 17 heavy (non-hydrogen) atoms. The normalized spacial score (nSPS) is 10.4. The first-order chi connectivity index (χ1) is 8.24. The first-order valence-corrected chi connectivity index (χ1v) is 5.79. The van der Waals surface area contributed by atoms with E-state index < -0.39 is 0 Å². The van der Waals surface area contributed by atoms with Crippen molar-refractivity contribution in [2.24, 2.45) is 0 Å². The largest absolute Gasteiger partial charge is 0.290 e. The lowest BCUT2D eigenvalue weighted by molar-refractivity contribution is -0.115. The van der Waals surface area contributed by atoms with Gasteiger partial charge in [-0.05, 0) is 17.2 Å². The number of hydrogen-bond acceptors (Lipinski definition) is 2. The van der Waals surface area contributed by atoms with Crippen LogP contribution in [0, 0.1) is 0 Å². The zero-order valence-corrected chi connectivity index (χ0v) is 9.77. The monoisotopic (exact) mass is 226 g/mol. The Bertz CT molecular complexity index is 565. The van der Waals surface area contributed by atoms with Gasteiger partial charge < -0.3 is 0 Å². The van der Waals surface area contributed by atoms with Crippen molar-refractivity contribution in [1.82, 2.24) is 0 Å². The van der Waals surface area contributed by atoms with Crippen LogP contribution in [0.5, 0.6) is 0 Å². The lowest BCUT2D eigenvalue weighted by Gasteiger charge is -2.04. The fraction of sp³-hybridized carbons (Fsp3) is 0.200. The number of carbonyl (C=O) groups is 2. The van der Waals surface area contributed by atoms with Crippen LogP contribution in [0.1, 0.15) is 30.1 Å². The van der Waals surface area contributed by atoms with Crippen LogP contribution < -0.4 is 0 Å². The first kappa shape index (κ1) is 11.5. The molecule has 0 aliphatic heterocycles. The highest BCUT2D eigenvalue weighted by atomic mass is 16.2. The Hall–Kier alpha value is -1.96. The highest BCUT2D eigenvalue weighted by molar-refractivity contribution is 6.45. The molecule has 2 aromatic rings. The summed E-state index contributed by atoms with van der Waals surface area (Å²) in [4.78, 5) is 23.6. The highest BCUT2D eigenvalue weighted by Crippen LogP contribution is 2.19. The summed E-state index contributed by atoms with van der Waals surface area (Å²) in [7, 11) is 0. The van der Waals surface area contributed by atoms with E-state index in [1.54, 1.807) is 6.07 Å². The Labute approximate surface area is 100 Å². The van der Waals surface area contributed by atoms with E-state index >= 15 is 0 Å². The molecule has 0 aliphatic rings. The van der Waals surface area contributed by atoms with Crippen LogP contribution in [0.4, 0.5) is 0 Å². The van der Waals surface area contributed by atoms with Crippen molar-refractivity contribution in [3.63, 3.8) is 0 Å². The summed E-state index contributed by atoms with van der Waals surface area (Å²) in [6, 6.07) is 13.1. The van der Waals surface area contributed by atoms with Gasteiger partial charge in [0.2, 0.25) is 11.6 Å². The fourth-order valence-corrected chi connectivity index (χ4v) is 1.91. The number of Topliss-reactive ketones (excluding diaryl/α,β-unsaturated/α-hetero) is 2. The molecule has 0 unspecified atom stereocenters. The number of hydrogen-bond donors (Lipinski definition) is 0. The second-order valence-electron chi connectivity index (χ2n) is 4.03. The lowest BCUT2D eigenvalue weighted by Crippen LogP contribution is -2.13. The van der Waals surface area contributed by atoms with E-state index in [0.29, 0.717) is 18.4 Å². The number of fused-ring (bicyclic) bond motifs is 1. The van der Waals surface area contributed by atoms with Gasteiger partial charge in [-0.15, -0.1) is 0 Å². The van der Waals surface area contributed by atoms with E-state index in [4.69, 9.17) is 0 Å². The van der Waals surface area contributed by atoms with Gasteiger partial charge in [0.1, 0.15) is 0 Å². The third kappa shape index (κ3) is 2.26. The number of ketones is 2. The Kier molecular flexibility index (Phi) is 3.33. The molecule has 0 saturated heterocycles. The predicted octanol–water partition coefficient (Wildman–Crippen LogP) is 3.39. The van der Waals surface area contributed by atoms with Gasteiger partial charge in [0, 0.05) is 12.0 Å². The average Bonchev–Trinajstić information content (AvgIpc) is 2.37. The second-order valence-corrected chi connectivity index (χ2v) is 4.03. The smallest absolute Gasteiger partial charge is 0.229 e. The minimum Gasteiger partial charge on any atom is -0.290 e. The van der Waals surface area contributed by atoms with Crippen LogP contribution in [0.2, 0.25) is 0 Å². The molecule has 0 radical (unpaired) electrons. The van der Waals surface area contributed by atoms with Crippen LogP contribution in [-0.4, -0.2) is 11.6 Å². The summed E-state index contributed by atoms with van der Waals surface area (Å²) in [5, 5.41) is 1.84. The molecule has 0 heterocycles. The molecule has 0 aliphatic carbocycles. The summed E-state index contributed by atoms with van der Waals surface area (Å²) >= 11 is 0. The van der Waals surface area contributed by atoms with Gasteiger partial charge in [0.25, 0.3) is 0 Å². The van der Waals surface area contributed by atoms with Gasteiger partial charge in [-0.2, -0.15) is 0 Å². The van der Waals surface area contributed by atoms with Crippen LogP contribution in [0.15, 0.2) is 42.5 Å². The predicted molar refractivity (Wildman–Crippen MR) is 68.2 cm³/mol. The zero-order chi connectivity index (χ0) is 12.3. The number of rotatable bonds is 4. The van der Waals surface area contributed by atoms with E-state index in [9.17, 15) is 9.59 Å². The molecule has 0 amide bonds. The van der Waals surface area contributed by atoms with Crippen molar-refractivity contribution in [3.05, 3.63) is 48.0 Å². The SMILES string of the molecule is CCCC(=O)C(=O)c1cccc2ccccc12. The molecule has 2 rings (SSSR count). The molecule has 0 spiro atoms. The number of benzene rings is 2. The summed E-state index contributed by atoms with van der Waals surface area (Å²) in [5.41, 5.74) is 0.515. The van der Waals surface area contributed by atoms with Crippen molar-refractivity contribution in [3.8, 4) is 0 Å². The minimum atomic E-state index is -0.372. The van der Waals surface area contributed by atoms with Gasteiger partial charge in [-0.3, -0.25) is 9.59 Å². The quantitative estimate of drug-likeness (QED) is 0.591. The highest BCUT2D eigenvalue weighted by Gasteiger charge is 2.16. The molecular formula is C15H14O2. The van der Waals surface area contributed by atoms with E-state index in [1.807, 2.05) is 43.3 Å². The lowest BCUT2D eigenvalue weighted by atomic mass is 9.98. The Morgan fingerprint density at radius 3 is 2.47 bits per heavy atom. The third-order valence-electron chi connectivity index (χ3n) is 2.76. The van der Waals surface area contributed by atoms with Gasteiger partial charge in [-0.1, -0.05) is 49.4 Å².